The molecular weight excluding hydrogens is 381 g/mol. The third kappa shape index (κ3) is 5.34. The van der Waals surface area contributed by atoms with E-state index < -0.39 is 11.9 Å². The van der Waals surface area contributed by atoms with Crippen LogP contribution in [0.25, 0.3) is 0 Å². The first-order chi connectivity index (χ1) is 13.5. The average Bonchev–Trinajstić information content (AvgIpc) is 3.17. The molecule has 2 amide bonds. The molecule has 1 unspecified atom stereocenters. The monoisotopic (exact) mass is 399 g/mol. The Bertz CT molecular complexity index is 946. The summed E-state index contributed by atoms with van der Waals surface area (Å²) in [5.74, 6) is -1.11. The number of thiazole rings is 1. The first-order valence-corrected chi connectivity index (χ1v) is 9.36. The molecule has 144 valence electrons. The summed E-state index contributed by atoms with van der Waals surface area (Å²) in [4.78, 5) is 32.8. The third-order valence-corrected chi connectivity index (χ3v) is 4.50. The molecule has 0 aliphatic carbocycles. The van der Waals surface area contributed by atoms with E-state index in [0.29, 0.717) is 10.8 Å². The zero-order chi connectivity index (χ0) is 19.9. The number of nitrogens with one attached hydrogen (secondary N) is 3. The van der Waals surface area contributed by atoms with E-state index in [1.165, 1.54) is 23.5 Å². The molecule has 3 N–H and O–H groups in total. The van der Waals surface area contributed by atoms with Gasteiger partial charge in [0.05, 0.1) is 12.2 Å². The minimum absolute atomic E-state index is 0.194. The first-order valence-electron chi connectivity index (χ1n) is 8.48. The second-order valence-electron chi connectivity index (χ2n) is 5.90. The van der Waals surface area contributed by atoms with Crippen LogP contribution in [0.2, 0.25) is 0 Å². The van der Waals surface area contributed by atoms with Crippen molar-refractivity contribution in [1.29, 1.82) is 0 Å². The summed E-state index contributed by atoms with van der Waals surface area (Å²) >= 11 is 1.23. The van der Waals surface area contributed by atoms with E-state index in [0.717, 1.165) is 5.69 Å². The predicted molar refractivity (Wildman–Crippen MR) is 105 cm³/mol. The van der Waals surface area contributed by atoms with E-state index in [9.17, 15) is 14.0 Å². The molecule has 2 aromatic heterocycles. The maximum atomic E-state index is 12.9. The third-order valence-electron chi connectivity index (χ3n) is 3.74. The molecule has 0 radical (unpaired) electrons. The van der Waals surface area contributed by atoms with E-state index in [4.69, 9.17) is 0 Å². The number of hydrogen-bond acceptors (Lipinski definition) is 6. The van der Waals surface area contributed by atoms with Crippen molar-refractivity contribution < 1.29 is 14.0 Å². The van der Waals surface area contributed by atoms with Crippen LogP contribution < -0.4 is 16.0 Å². The van der Waals surface area contributed by atoms with Gasteiger partial charge in [-0.1, -0.05) is 6.07 Å². The van der Waals surface area contributed by atoms with Gasteiger partial charge in [-0.05, 0) is 43.3 Å². The molecular formula is C19H18FN5O2S. The Morgan fingerprint density at radius 3 is 2.68 bits per heavy atom. The number of aromatic nitrogens is 2. The van der Waals surface area contributed by atoms with Crippen molar-refractivity contribution in [2.45, 2.75) is 19.5 Å². The van der Waals surface area contributed by atoms with Crippen molar-refractivity contribution in [2.75, 3.05) is 5.32 Å². The van der Waals surface area contributed by atoms with Crippen molar-refractivity contribution in [1.82, 2.24) is 20.6 Å². The van der Waals surface area contributed by atoms with E-state index in [1.54, 1.807) is 42.8 Å². The highest BCUT2D eigenvalue weighted by atomic mass is 32.1. The molecule has 0 fully saturated rings. The summed E-state index contributed by atoms with van der Waals surface area (Å²) in [5.41, 5.74) is 1.58. The van der Waals surface area contributed by atoms with Gasteiger partial charge in [-0.3, -0.25) is 14.6 Å². The Morgan fingerprint density at radius 1 is 1.18 bits per heavy atom. The van der Waals surface area contributed by atoms with Crippen LogP contribution in [-0.4, -0.2) is 27.8 Å². The zero-order valence-corrected chi connectivity index (χ0v) is 15.8. The topological polar surface area (TPSA) is 96.0 Å². The summed E-state index contributed by atoms with van der Waals surface area (Å²) in [7, 11) is 0. The SMILES string of the molecule is CC(NC(=O)c1csc(Nc2ccc(F)cc2)n1)C(=O)NCc1ccccn1. The fourth-order valence-corrected chi connectivity index (χ4v) is 2.97. The number of nitrogens with zero attached hydrogens (tertiary/aromatic N) is 2. The Kier molecular flexibility index (Phi) is 6.28. The van der Waals surface area contributed by atoms with Crippen LogP contribution in [0.4, 0.5) is 15.2 Å². The number of amides is 2. The zero-order valence-electron chi connectivity index (χ0n) is 15.0. The van der Waals surface area contributed by atoms with Crippen LogP contribution in [-0.2, 0) is 11.3 Å². The number of rotatable bonds is 7. The molecule has 3 rings (SSSR count). The highest BCUT2D eigenvalue weighted by Crippen LogP contribution is 2.21. The standard InChI is InChI=1S/C19H18FN5O2S/c1-12(17(26)22-10-15-4-2-3-9-21-15)23-18(27)16-11-28-19(25-16)24-14-7-5-13(20)6-8-14/h2-9,11-12H,10H2,1H3,(H,22,26)(H,23,27)(H,24,25). The Labute approximate surface area is 165 Å². The molecule has 0 aliphatic heterocycles. The van der Waals surface area contributed by atoms with Crippen molar-refractivity contribution in [3.63, 3.8) is 0 Å². The highest BCUT2D eigenvalue weighted by molar-refractivity contribution is 7.14. The van der Waals surface area contributed by atoms with Gasteiger partial charge in [0.15, 0.2) is 5.13 Å². The van der Waals surface area contributed by atoms with Crippen LogP contribution >= 0.6 is 11.3 Å². The maximum absolute atomic E-state index is 12.9. The second kappa shape index (κ2) is 9.05. The van der Waals surface area contributed by atoms with Crippen LogP contribution in [0.1, 0.15) is 23.1 Å². The van der Waals surface area contributed by atoms with Crippen LogP contribution in [0.5, 0.6) is 0 Å². The molecule has 3 aromatic rings. The molecule has 1 aromatic carbocycles. The molecule has 1 atom stereocenters. The fraction of sp³-hybridized carbons (Fsp3) is 0.158. The second-order valence-corrected chi connectivity index (χ2v) is 6.76. The van der Waals surface area contributed by atoms with E-state index in [2.05, 4.69) is 25.9 Å². The Balaban J connectivity index is 1.51. The van der Waals surface area contributed by atoms with Gasteiger partial charge < -0.3 is 16.0 Å². The van der Waals surface area contributed by atoms with Gasteiger partial charge >= 0.3 is 0 Å². The van der Waals surface area contributed by atoms with Gasteiger partial charge in [-0.25, -0.2) is 9.37 Å². The van der Waals surface area contributed by atoms with E-state index >= 15 is 0 Å². The molecule has 0 saturated carbocycles. The number of hydrogen-bond donors (Lipinski definition) is 3. The van der Waals surface area contributed by atoms with Crippen molar-refractivity contribution in [3.05, 3.63) is 71.2 Å². The molecule has 0 saturated heterocycles. The van der Waals surface area contributed by atoms with Gasteiger partial charge in [-0.2, -0.15) is 0 Å². The smallest absolute Gasteiger partial charge is 0.271 e. The summed E-state index contributed by atoms with van der Waals surface area (Å²) < 4.78 is 12.9. The highest BCUT2D eigenvalue weighted by Gasteiger charge is 2.18. The van der Waals surface area contributed by atoms with Gasteiger partial charge in [0.25, 0.3) is 5.91 Å². The minimum Gasteiger partial charge on any atom is -0.349 e. The van der Waals surface area contributed by atoms with Crippen LogP contribution in [0.15, 0.2) is 54.0 Å². The number of halogens is 1. The van der Waals surface area contributed by atoms with Gasteiger partial charge in [0, 0.05) is 17.3 Å². The number of pyridine rings is 1. The first kappa shape index (κ1) is 19.4. The van der Waals surface area contributed by atoms with Gasteiger partial charge in [0.1, 0.15) is 17.6 Å². The molecule has 0 bridgehead atoms. The average molecular weight is 399 g/mol. The lowest BCUT2D eigenvalue weighted by Crippen LogP contribution is -2.44. The molecule has 0 spiro atoms. The van der Waals surface area contributed by atoms with E-state index in [1.807, 2.05) is 6.07 Å². The largest absolute Gasteiger partial charge is 0.349 e. The van der Waals surface area contributed by atoms with Gasteiger partial charge in [0.2, 0.25) is 5.91 Å². The predicted octanol–water partition coefficient (Wildman–Crippen LogP) is 2.86. The molecule has 9 heteroatoms. The Hall–Kier alpha value is -3.33. The van der Waals surface area contributed by atoms with Crippen molar-refractivity contribution >= 4 is 34.0 Å². The number of benzene rings is 1. The summed E-state index contributed by atoms with van der Waals surface area (Å²) in [6.07, 6.45) is 1.65. The quantitative estimate of drug-likeness (QED) is 0.568. The van der Waals surface area contributed by atoms with Crippen LogP contribution in [0, 0.1) is 5.82 Å². The maximum Gasteiger partial charge on any atom is 0.271 e. The number of carbonyl (C=O) groups excluding carboxylic acids is 2. The number of anilines is 2. The lowest BCUT2D eigenvalue weighted by Gasteiger charge is -2.13. The minimum atomic E-state index is -0.730. The molecule has 28 heavy (non-hydrogen) atoms. The number of carbonyl (C=O) groups is 2. The summed E-state index contributed by atoms with van der Waals surface area (Å²) in [6, 6.07) is 10.5. The Morgan fingerprint density at radius 2 is 1.96 bits per heavy atom. The normalized spacial score (nSPS) is 11.5. The lowest BCUT2D eigenvalue weighted by atomic mass is 10.3. The molecule has 7 nitrogen and oxygen atoms in total. The van der Waals surface area contributed by atoms with E-state index in [-0.39, 0.29) is 24.0 Å². The summed E-state index contributed by atoms with van der Waals surface area (Å²) in [6.45, 7) is 1.87. The molecule has 2 heterocycles. The molecule has 0 aliphatic rings. The fourth-order valence-electron chi connectivity index (χ4n) is 2.26. The van der Waals surface area contributed by atoms with Crippen LogP contribution in [0.3, 0.4) is 0 Å². The lowest BCUT2D eigenvalue weighted by molar-refractivity contribution is -0.122. The van der Waals surface area contributed by atoms with Gasteiger partial charge in [-0.15, -0.1) is 11.3 Å². The summed E-state index contributed by atoms with van der Waals surface area (Å²) in [5, 5.41) is 10.4. The van der Waals surface area contributed by atoms with Crippen molar-refractivity contribution in [3.8, 4) is 0 Å². The van der Waals surface area contributed by atoms with Crippen molar-refractivity contribution in [2.24, 2.45) is 0 Å².